The summed E-state index contributed by atoms with van der Waals surface area (Å²) >= 11 is 0. The lowest BCUT2D eigenvalue weighted by Crippen LogP contribution is -2.39. The Bertz CT molecular complexity index is 649. The molecule has 2 rings (SSSR count). The van der Waals surface area contributed by atoms with Crippen LogP contribution < -0.4 is 5.73 Å². The van der Waals surface area contributed by atoms with Gasteiger partial charge in [0.2, 0.25) is 10.0 Å². The minimum absolute atomic E-state index is 0.239. The molecule has 0 atom stereocenters. The third-order valence-corrected chi connectivity index (χ3v) is 6.47. The largest absolute Gasteiger partial charge is 0.398 e. The zero-order chi connectivity index (χ0) is 15.9. The lowest BCUT2D eigenvalue weighted by atomic mass is 9.82. The van der Waals surface area contributed by atoms with Crippen molar-refractivity contribution in [3.8, 4) is 0 Å². The number of anilines is 1. The first-order valence-corrected chi connectivity index (χ1v) is 8.59. The number of nitrogens with two attached hydrogens (primary N) is 1. The van der Waals surface area contributed by atoms with E-state index in [0.717, 1.165) is 11.1 Å². The summed E-state index contributed by atoms with van der Waals surface area (Å²) in [6.07, 6.45) is 1.08. The molecule has 0 aliphatic heterocycles. The molecule has 6 heteroatoms. The standard InChI is InChI=1S/C15H24N2O3S/c1-9-5-10(2)15(11(3)14(9)16)21(19,20)17(4)8-12-6-13(18)7-12/h5,12-13,18H,6-8,16H2,1-4H3. The highest BCUT2D eigenvalue weighted by molar-refractivity contribution is 7.89. The second kappa shape index (κ2) is 5.59. The van der Waals surface area contributed by atoms with Crippen molar-refractivity contribution in [3.63, 3.8) is 0 Å². The average Bonchev–Trinajstić information content (AvgIpc) is 2.33. The molecule has 0 aromatic heterocycles. The van der Waals surface area contributed by atoms with Crippen molar-refractivity contribution in [1.82, 2.24) is 4.31 Å². The molecule has 0 amide bonds. The SMILES string of the molecule is Cc1cc(C)c(S(=O)(=O)N(C)CC2CC(O)C2)c(C)c1N. The summed E-state index contributed by atoms with van der Waals surface area (Å²) in [6, 6.07) is 1.82. The lowest BCUT2D eigenvalue weighted by Gasteiger charge is -2.34. The van der Waals surface area contributed by atoms with E-state index in [9.17, 15) is 13.5 Å². The fourth-order valence-corrected chi connectivity index (χ4v) is 4.73. The first-order valence-electron chi connectivity index (χ1n) is 7.15. The fraction of sp³-hybridized carbons (Fsp3) is 0.600. The summed E-state index contributed by atoms with van der Waals surface area (Å²) in [5.74, 6) is 0.239. The van der Waals surface area contributed by atoms with Gasteiger partial charge in [0.15, 0.2) is 0 Å². The number of aliphatic hydroxyl groups is 1. The maximum atomic E-state index is 12.8. The third-order valence-electron chi connectivity index (χ3n) is 4.36. The van der Waals surface area contributed by atoms with Crippen molar-refractivity contribution in [2.75, 3.05) is 19.3 Å². The number of nitrogens with zero attached hydrogens (tertiary/aromatic N) is 1. The van der Waals surface area contributed by atoms with Crippen LogP contribution in [0.15, 0.2) is 11.0 Å². The van der Waals surface area contributed by atoms with E-state index in [1.165, 1.54) is 4.31 Å². The minimum Gasteiger partial charge on any atom is -0.398 e. The van der Waals surface area contributed by atoms with Crippen LogP contribution in [-0.2, 0) is 10.0 Å². The number of hydrogen-bond donors (Lipinski definition) is 2. The molecule has 0 spiro atoms. The van der Waals surface area contributed by atoms with Crippen molar-refractivity contribution >= 4 is 15.7 Å². The highest BCUT2D eigenvalue weighted by Crippen LogP contribution is 2.32. The zero-order valence-electron chi connectivity index (χ0n) is 13.0. The van der Waals surface area contributed by atoms with Gasteiger partial charge in [-0.25, -0.2) is 12.7 Å². The van der Waals surface area contributed by atoms with Crippen molar-refractivity contribution < 1.29 is 13.5 Å². The van der Waals surface area contributed by atoms with Gasteiger partial charge in [-0.3, -0.25) is 0 Å². The monoisotopic (exact) mass is 312 g/mol. The zero-order valence-corrected chi connectivity index (χ0v) is 13.9. The van der Waals surface area contributed by atoms with Gasteiger partial charge >= 0.3 is 0 Å². The van der Waals surface area contributed by atoms with Crippen LogP contribution in [0.5, 0.6) is 0 Å². The van der Waals surface area contributed by atoms with Crippen molar-refractivity contribution in [2.45, 2.75) is 44.6 Å². The van der Waals surface area contributed by atoms with E-state index < -0.39 is 10.0 Å². The topological polar surface area (TPSA) is 83.6 Å². The summed E-state index contributed by atoms with van der Waals surface area (Å²) in [5.41, 5.74) is 8.76. The van der Waals surface area contributed by atoms with E-state index in [-0.39, 0.29) is 12.0 Å². The predicted molar refractivity (Wildman–Crippen MR) is 83.6 cm³/mol. The van der Waals surface area contributed by atoms with Gasteiger partial charge in [-0.2, -0.15) is 0 Å². The molecule has 0 heterocycles. The Kier molecular flexibility index (Phi) is 4.33. The first kappa shape index (κ1) is 16.3. The highest BCUT2D eigenvalue weighted by atomic mass is 32.2. The molecule has 0 bridgehead atoms. The molecule has 5 nitrogen and oxygen atoms in total. The average molecular weight is 312 g/mol. The molecule has 0 radical (unpaired) electrons. The van der Waals surface area contributed by atoms with Gasteiger partial charge in [-0.15, -0.1) is 0 Å². The van der Waals surface area contributed by atoms with Crippen LogP contribution >= 0.6 is 0 Å². The minimum atomic E-state index is -3.56. The van der Waals surface area contributed by atoms with Gasteiger partial charge in [-0.1, -0.05) is 6.07 Å². The summed E-state index contributed by atoms with van der Waals surface area (Å²) in [6.45, 7) is 5.87. The number of rotatable bonds is 4. The van der Waals surface area contributed by atoms with Crippen LogP contribution in [0.3, 0.4) is 0 Å². The molecule has 1 aromatic rings. The number of aliphatic hydroxyl groups excluding tert-OH is 1. The van der Waals surface area contributed by atoms with Crippen LogP contribution in [0.2, 0.25) is 0 Å². The van der Waals surface area contributed by atoms with E-state index in [4.69, 9.17) is 5.73 Å². The molecule has 0 saturated heterocycles. The molecule has 1 fully saturated rings. The number of sulfonamides is 1. The molecule has 1 saturated carbocycles. The van der Waals surface area contributed by atoms with E-state index in [0.29, 0.717) is 35.5 Å². The van der Waals surface area contributed by atoms with Gasteiger partial charge in [0.05, 0.1) is 11.0 Å². The van der Waals surface area contributed by atoms with Crippen LogP contribution in [-0.4, -0.2) is 37.5 Å². The van der Waals surface area contributed by atoms with Crippen molar-refractivity contribution in [3.05, 3.63) is 22.8 Å². The molecule has 3 N–H and O–H groups in total. The number of nitrogen functional groups attached to an aromatic ring is 1. The van der Waals surface area contributed by atoms with Crippen molar-refractivity contribution in [1.29, 1.82) is 0 Å². The summed E-state index contributed by atoms with van der Waals surface area (Å²) in [5, 5.41) is 9.32. The predicted octanol–water partition coefficient (Wildman–Crippen LogP) is 1.59. The van der Waals surface area contributed by atoms with E-state index in [1.54, 1.807) is 20.9 Å². The van der Waals surface area contributed by atoms with Crippen LogP contribution in [0.4, 0.5) is 5.69 Å². The maximum Gasteiger partial charge on any atom is 0.243 e. The smallest absolute Gasteiger partial charge is 0.243 e. The molecular weight excluding hydrogens is 288 g/mol. The summed E-state index contributed by atoms with van der Waals surface area (Å²) in [7, 11) is -1.96. The van der Waals surface area contributed by atoms with Gasteiger partial charge in [-0.05, 0) is 56.2 Å². The number of hydrogen-bond acceptors (Lipinski definition) is 4. The molecule has 118 valence electrons. The second-order valence-electron chi connectivity index (χ2n) is 6.15. The van der Waals surface area contributed by atoms with Crippen LogP contribution in [0.1, 0.15) is 29.5 Å². The Balaban J connectivity index is 2.33. The second-order valence-corrected chi connectivity index (χ2v) is 8.14. The Hall–Kier alpha value is -1.11. The van der Waals surface area contributed by atoms with E-state index >= 15 is 0 Å². The quantitative estimate of drug-likeness (QED) is 0.827. The Morgan fingerprint density at radius 1 is 1.29 bits per heavy atom. The third kappa shape index (κ3) is 2.93. The van der Waals surface area contributed by atoms with Gasteiger partial charge < -0.3 is 10.8 Å². The Labute approximate surface area is 126 Å². The first-order chi connectivity index (χ1) is 9.64. The number of aryl methyl sites for hydroxylation is 2. The lowest BCUT2D eigenvalue weighted by molar-refractivity contribution is 0.0367. The molecular formula is C15H24N2O3S. The fourth-order valence-electron chi connectivity index (χ4n) is 3.05. The maximum absolute atomic E-state index is 12.8. The normalized spacial score (nSPS) is 22.4. The molecule has 1 aliphatic rings. The Morgan fingerprint density at radius 3 is 2.38 bits per heavy atom. The van der Waals surface area contributed by atoms with E-state index in [1.807, 2.05) is 13.0 Å². The highest BCUT2D eigenvalue weighted by Gasteiger charge is 2.33. The molecule has 1 aliphatic carbocycles. The summed E-state index contributed by atoms with van der Waals surface area (Å²) in [4.78, 5) is 0.313. The molecule has 21 heavy (non-hydrogen) atoms. The Morgan fingerprint density at radius 2 is 1.86 bits per heavy atom. The van der Waals surface area contributed by atoms with E-state index in [2.05, 4.69) is 0 Å². The molecule has 1 aromatic carbocycles. The van der Waals surface area contributed by atoms with Gasteiger partial charge in [0.25, 0.3) is 0 Å². The van der Waals surface area contributed by atoms with Gasteiger partial charge in [0.1, 0.15) is 0 Å². The number of benzene rings is 1. The van der Waals surface area contributed by atoms with Crippen molar-refractivity contribution in [2.24, 2.45) is 5.92 Å². The van der Waals surface area contributed by atoms with Crippen LogP contribution in [0, 0.1) is 26.7 Å². The molecule has 0 unspecified atom stereocenters. The summed E-state index contributed by atoms with van der Waals surface area (Å²) < 4.78 is 27.0. The van der Waals surface area contributed by atoms with Gasteiger partial charge in [0, 0.05) is 19.3 Å². The van der Waals surface area contributed by atoms with Crippen LogP contribution in [0.25, 0.3) is 0 Å².